The molecule has 1 fully saturated rings. The minimum Gasteiger partial charge on any atom is -0.396 e. The van der Waals surface area contributed by atoms with E-state index in [9.17, 15) is 5.11 Å². The largest absolute Gasteiger partial charge is 0.396 e. The third-order valence-electron chi connectivity index (χ3n) is 3.69. The van der Waals surface area contributed by atoms with Crippen molar-refractivity contribution in [2.75, 3.05) is 31.7 Å². The van der Waals surface area contributed by atoms with Crippen molar-refractivity contribution in [1.29, 1.82) is 0 Å². The molecule has 0 aliphatic heterocycles. The van der Waals surface area contributed by atoms with Crippen molar-refractivity contribution in [3.05, 3.63) is 0 Å². The van der Waals surface area contributed by atoms with Gasteiger partial charge in [-0.05, 0) is 37.3 Å². The molecule has 0 saturated heterocycles. The lowest BCUT2D eigenvalue weighted by Crippen LogP contribution is -2.40. The molecule has 1 unspecified atom stereocenters. The Morgan fingerprint density at radius 2 is 2.00 bits per heavy atom. The minimum absolute atomic E-state index is 0.192. The van der Waals surface area contributed by atoms with Gasteiger partial charge in [-0.1, -0.05) is 26.2 Å². The van der Waals surface area contributed by atoms with Crippen LogP contribution in [0, 0.1) is 11.3 Å². The maximum absolute atomic E-state index is 9.57. The van der Waals surface area contributed by atoms with Gasteiger partial charge in [0.1, 0.15) is 0 Å². The summed E-state index contributed by atoms with van der Waals surface area (Å²) in [6, 6.07) is 0. The van der Waals surface area contributed by atoms with Crippen LogP contribution < -0.4 is 5.32 Å². The molecule has 0 bridgehead atoms. The fourth-order valence-electron chi connectivity index (χ4n) is 2.62. The van der Waals surface area contributed by atoms with E-state index in [-0.39, 0.29) is 5.41 Å². The summed E-state index contributed by atoms with van der Waals surface area (Å²) >= 11 is 1.91. The summed E-state index contributed by atoms with van der Waals surface area (Å²) in [7, 11) is 0. The van der Waals surface area contributed by atoms with E-state index in [1.807, 2.05) is 11.8 Å². The zero-order valence-corrected chi connectivity index (χ0v) is 11.6. The average molecular weight is 245 g/mol. The molecule has 3 heteroatoms. The molecule has 0 amide bonds. The second kappa shape index (κ2) is 7.57. The van der Waals surface area contributed by atoms with Crippen molar-refractivity contribution >= 4 is 11.8 Å². The third kappa shape index (κ3) is 4.64. The van der Waals surface area contributed by atoms with E-state index < -0.39 is 0 Å². The first-order valence-corrected chi connectivity index (χ1v) is 7.92. The summed E-state index contributed by atoms with van der Waals surface area (Å²) in [5, 5.41) is 13.1. The Kier molecular flexibility index (Phi) is 6.78. The Bertz CT molecular complexity index is 181. The first-order valence-electron chi connectivity index (χ1n) is 6.53. The zero-order valence-electron chi connectivity index (χ0n) is 10.8. The molecule has 2 N–H and O–H groups in total. The Hall–Kier alpha value is 0.270. The smallest absolute Gasteiger partial charge is 0.0499 e. The number of aliphatic hydroxyl groups excluding tert-OH is 1. The maximum atomic E-state index is 9.57. The van der Waals surface area contributed by atoms with Crippen LogP contribution in [-0.2, 0) is 0 Å². The molecule has 96 valence electrons. The topological polar surface area (TPSA) is 32.3 Å². The summed E-state index contributed by atoms with van der Waals surface area (Å²) in [5.41, 5.74) is 0.192. The van der Waals surface area contributed by atoms with E-state index in [1.54, 1.807) is 0 Å². The molecule has 0 aromatic rings. The minimum atomic E-state index is 0.192. The van der Waals surface area contributed by atoms with Gasteiger partial charge in [-0.15, -0.1) is 0 Å². The van der Waals surface area contributed by atoms with Crippen molar-refractivity contribution in [2.45, 2.75) is 39.0 Å². The lowest BCUT2D eigenvalue weighted by atomic mass is 9.74. The highest BCUT2D eigenvalue weighted by molar-refractivity contribution is 7.98. The standard InChI is InChI=1S/C13H27NOS/c1-12(9-16-2)8-14-10-13(11-15)6-4-3-5-7-13/h12,14-15H,3-11H2,1-2H3. The Labute approximate surface area is 105 Å². The predicted octanol–water partition coefficient (Wildman–Crippen LogP) is 2.52. The summed E-state index contributed by atoms with van der Waals surface area (Å²) in [4.78, 5) is 0. The van der Waals surface area contributed by atoms with Crippen LogP contribution in [0.2, 0.25) is 0 Å². The number of rotatable bonds is 7. The van der Waals surface area contributed by atoms with Crippen LogP contribution in [0.5, 0.6) is 0 Å². The Balaban J connectivity index is 2.22. The Morgan fingerprint density at radius 3 is 2.56 bits per heavy atom. The van der Waals surface area contributed by atoms with Crippen molar-refractivity contribution in [1.82, 2.24) is 5.32 Å². The van der Waals surface area contributed by atoms with E-state index in [2.05, 4.69) is 18.5 Å². The molecule has 1 rings (SSSR count). The monoisotopic (exact) mass is 245 g/mol. The summed E-state index contributed by atoms with van der Waals surface area (Å²) in [6.45, 7) is 4.73. The SMILES string of the molecule is CSCC(C)CNCC1(CO)CCCCC1. The number of hydrogen-bond donors (Lipinski definition) is 2. The quantitative estimate of drug-likeness (QED) is 0.723. The van der Waals surface area contributed by atoms with Gasteiger partial charge in [0.15, 0.2) is 0 Å². The van der Waals surface area contributed by atoms with Crippen molar-refractivity contribution in [3.8, 4) is 0 Å². The highest BCUT2D eigenvalue weighted by Gasteiger charge is 2.30. The lowest BCUT2D eigenvalue weighted by molar-refractivity contribution is 0.0808. The van der Waals surface area contributed by atoms with E-state index in [0.29, 0.717) is 6.61 Å². The molecule has 0 heterocycles. The van der Waals surface area contributed by atoms with Gasteiger partial charge in [-0.3, -0.25) is 0 Å². The highest BCUT2D eigenvalue weighted by Crippen LogP contribution is 2.35. The fraction of sp³-hybridized carbons (Fsp3) is 1.00. The molecule has 0 aromatic carbocycles. The van der Waals surface area contributed by atoms with E-state index in [0.717, 1.165) is 19.0 Å². The normalized spacial score (nSPS) is 21.9. The van der Waals surface area contributed by atoms with Gasteiger partial charge < -0.3 is 10.4 Å². The highest BCUT2D eigenvalue weighted by atomic mass is 32.2. The second-order valence-corrected chi connectivity index (χ2v) is 6.32. The van der Waals surface area contributed by atoms with Gasteiger partial charge in [0.25, 0.3) is 0 Å². The fourth-order valence-corrected chi connectivity index (χ4v) is 3.31. The van der Waals surface area contributed by atoms with Gasteiger partial charge in [0.2, 0.25) is 0 Å². The average Bonchev–Trinajstić information content (AvgIpc) is 2.31. The van der Waals surface area contributed by atoms with Crippen molar-refractivity contribution in [3.63, 3.8) is 0 Å². The van der Waals surface area contributed by atoms with Crippen LogP contribution in [0.25, 0.3) is 0 Å². The molecule has 0 aromatic heterocycles. The zero-order chi connectivity index (χ0) is 11.9. The molecular weight excluding hydrogens is 218 g/mol. The molecule has 2 nitrogen and oxygen atoms in total. The Morgan fingerprint density at radius 1 is 1.31 bits per heavy atom. The number of aliphatic hydroxyl groups is 1. The van der Waals surface area contributed by atoms with Gasteiger partial charge in [-0.2, -0.15) is 11.8 Å². The molecule has 16 heavy (non-hydrogen) atoms. The molecule has 1 saturated carbocycles. The molecule has 0 radical (unpaired) electrons. The molecule has 0 spiro atoms. The second-order valence-electron chi connectivity index (χ2n) is 5.41. The lowest BCUT2D eigenvalue weighted by Gasteiger charge is -2.36. The van der Waals surface area contributed by atoms with Gasteiger partial charge >= 0.3 is 0 Å². The van der Waals surface area contributed by atoms with Crippen molar-refractivity contribution < 1.29 is 5.11 Å². The van der Waals surface area contributed by atoms with E-state index >= 15 is 0 Å². The van der Waals surface area contributed by atoms with E-state index in [4.69, 9.17) is 0 Å². The molecule has 1 aliphatic rings. The van der Waals surface area contributed by atoms with Crippen LogP contribution >= 0.6 is 11.8 Å². The van der Waals surface area contributed by atoms with Crippen molar-refractivity contribution in [2.24, 2.45) is 11.3 Å². The van der Waals surface area contributed by atoms with Crippen LogP contribution in [-0.4, -0.2) is 36.8 Å². The molecule has 1 atom stereocenters. The third-order valence-corrected chi connectivity index (χ3v) is 4.60. The first-order chi connectivity index (χ1) is 7.72. The van der Waals surface area contributed by atoms with E-state index in [1.165, 1.54) is 37.9 Å². The maximum Gasteiger partial charge on any atom is 0.0499 e. The number of thioether (sulfide) groups is 1. The van der Waals surface area contributed by atoms with Gasteiger partial charge in [0.05, 0.1) is 0 Å². The number of nitrogens with one attached hydrogen (secondary N) is 1. The summed E-state index contributed by atoms with van der Waals surface area (Å²) < 4.78 is 0. The first kappa shape index (κ1) is 14.3. The van der Waals surface area contributed by atoms with Gasteiger partial charge in [0, 0.05) is 18.6 Å². The molecule has 1 aliphatic carbocycles. The van der Waals surface area contributed by atoms with Crippen LogP contribution in [0.15, 0.2) is 0 Å². The predicted molar refractivity (Wildman–Crippen MR) is 73.0 cm³/mol. The summed E-state index contributed by atoms with van der Waals surface area (Å²) in [6.07, 6.45) is 8.50. The van der Waals surface area contributed by atoms with Crippen LogP contribution in [0.3, 0.4) is 0 Å². The molecular formula is C13H27NOS. The summed E-state index contributed by atoms with van der Waals surface area (Å²) in [5.74, 6) is 1.95. The van der Waals surface area contributed by atoms with Crippen LogP contribution in [0.1, 0.15) is 39.0 Å². The van der Waals surface area contributed by atoms with Gasteiger partial charge in [-0.25, -0.2) is 0 Å². The number of hydrogen-bond acceptors (Lipinski definition) is 3. The van der Waals surface area contributed by atoms with Crippen LogP contribution in [0.4, 0.5) is 0 Å².